The van der Waals surface area contributed by atoms with Crippen LogP contribution in [0.4, 0.5) is 0 Å². The van der Waals surface area contributed by atoms with Crippen LogP contribution in [0.1, 0.15) is 45.1 Å². The standard InChI is InChI=1S/C19H29NO/c1-16(2)15-18(20-13-5-4-6-14-20)10-7-17-8-11-19(21-3)12-9-17/h8-9,11-12,15,18H,4-7,10,13-14H2,1-3H3. The van der Waals surface area contributed by atoms with E-state index >= 15 is 0 Å². The monoisotopic (exact) mass is 287 g/mol. The summed E-state index contributed by atoms with van der Waals surface area (Å²) in [7, 11) is 1.72. The third-order valence-corrected chi connectivity index (χ3v) is 4.27. The SMILES string of the molecule is COc1ccc(CCC(C=C(C)C)N2CCCCC2)cc1. The van der Waals surface area contributed by atoms with Gasteiger partial charge in [-0.1, -0.05) is 30.2 Å². The summed E-state index contributed by atoms with van der Waals surface area (Å²) in [6.07, 6.45) is 8.91. The van der Waals surface area contributed by atoms with Crippen LogP contribution in [0.15, 0.2) is 35.9 Å². The van der Waals surface area contributed by atoms with E-state index in [2.05, 4.69) is 49.1 Å². The fraction of sp³-hybridized carbons (Fsp3) is 0.579. The molecule has 1 saturated heterocycles. The number of likely N-dealkylation sites (tertiary alicyclic amines) is 1. The lowest BCUT2D eigenvalue weighted by molar-refractivity contribution is 0.183. The zero-order chi connectivity index (χ0) is 15.1. The van der Waals surface area contributed by atoms with Crippen LogP contribution in [-0.2, 0) is 6.42 Å². The Bertz CT molecular complexity index is 439. The second-order valence-electron chi connectivity index (χ2n) is 6.29. The van der Waals surface area contributed by atoms with Crippen molar-refractivity contribution in [2.75, 3.05) is 20.2 Å². The first-order valence-corrected chi connectivity index (χ1v) is 8.21. The van der Waals surface area contributed by atoms with E-state index in [1.165, 1.54) is 49.9 Å². The second-order valence-corrected chi connectivity index (χ2v) is 6.29. The molecule has 2 nitrogen and oxygen atoms in total. The first kappa shape index (κ1) is 16.1. The molecule has 0 spiro atoms. The highest BCUT2D eigenvalue weighted by Gasteiger charge is 2.18. The van der Waals surface area contributed by atoms with Crippen molar-refractivity contribution in [2.45, 2.75) is 52.0 Å². The minimum absolute atomic E-state index is 0.595. The van der Waals surface area contributed by atoms with Crippen molar-refractivity contribution in [1.82, 2.24) is 4.90 Å². The molecule has 1 aliphatic heterocycles. The van der Waals surface area contributed by atoms with Gasteiger partial charge in [0.25, 0.3) is 0 Å². The molecule has 0 N–H and O–H groups in total. The summed E-state index contributed by atoms with van der Waals surface area (Å²) in [6.45, 7) is 6.95. The molecule has 2 heteroatoms. The summed E-state index contributed by atoms with van der Waals surface area (Å²) < 4.78 is 5.22. The topological polar surface area (TPSA) is 12.5 Å². The van der Waals surface area contributed by atoms with Crippen molar-refractivity contribution >= 4 is 0 Å². The number of allylic oxidation sites excluding steroid dienone is 1. The van der Waals surface area contributed by atoms with Gasteiger partial charge >= 0.3 is 0 Å². The molecule has 0 aromatic heterocycles. The van der Waals surface area contributed by atoms with Gasteiger partial charge in [0.15, 0.2) is 0 Å². The summed E-state index contributed by atoms with van der Waals surface area (Å²) in [5, 5.41) is 0. The van der Waals surface area contributed by atoms with Crippen LogP contribution in [0.25, 0.3) is 0 Å². The highest BCUT2D eigenvalue weighted by Crippen LogP contribution is 2.19. The lowest BCUT2D eigenvalue weighted by Gasteiger charge is -2.33. The number of ether oxygens (including phenoxy) is 1. The van der Waals surface area contributed by atoms with E-state index in [4.69, 9.17) is 4.74 Å². The van der Waals surface area contributed by atoms with Gasteiger partial charge in [-0.3, -0.25) is 4.90 Å². The number of methoxy groups -OCH3 is 1. The lowest BCUT2D eigenvalue weighted by Crippen LogP contribution is -2.38. The van der Waals surface area contributed by atoms with Gasteiger partial charge in [0, 0.05) is 6.04 Å². The average molecular weight is 287 g/mol. The van der Waals surface area contributed by atoms with E-state index < -0.39 is 0 Å². The smallest absolute Gasteiger partial charge is 0.118 e. The molecular weight excluding hydrogens is 258 g/mol. The van der Waals surface area contributed by atoms with Crippen LogP contribution in [0, 0.1) is 0 Å². The Labute approximate surface area is 129 Å². The Kier molecular flexibility index (Phi) is 6.31. The van der Waals surface area contributed by atoms with Crippen LogP contribution >= 0.6 is 0 Å². The predicted molar refractivity (Wildman–Crippen MR) is 90.0 cm³/mol. The number of rotatable bonds is 6. The molecule has 116 valence electrons. The Morgan fingerprint density at radius 1 is 1.14 bits per heavy atom. The lowest BCUT2D eigenvalue weighted by atomic mass is 10.00. The third kappa shape index (κ3) is 5.20. The number of nitrogens with zero attached hydrogens (tertiary/aromatic N) is 1. The van der Waals surface area contributed by atoms with E-state index in [-0.39, 0.29) is 0 Å². The molecule has 0 aliphatic carbocycles. The third-order valence-electron chi connectivity index (χ3n) is 4.27. The molecule has 1 aromatic carbocycles. The minimum Gasteiger partial charge on any atom is -0.497 e. The summed E-state index contributed by atoms with van der Waals surface area (Å²) in [5.41, 5.74) is 2.83. The first-order chi connectivity index (χ1) is 10.2. The maximum atomic E-state index is 5.22. The molecule has 1 atom stereocenters. The van der Waals surface area contributed by atoms with E-state index in [0.717, 1.165) is 12.2 Å². The van der Waals surface area contributed by atoms with Crippen molar-refractivity contribution < 1.29 is 4.74 Å². The molecule has 0 saturated carbocycles. The minimum atomic E-state index is 0.595. The maximum absolute atomic E-state index is 5.22. The molecule has 2 rings (SSSR count). The zero-order valence-corrected chi connectivity index (χ0v) is 13.8. The Morgan fingerprint density at radius 2 is 1.81 bits per heavy atom. The zero-order valence-electron chi connectivity index (χ0n) is 13.8. The largest absolute Gasteiger partial charge is 0.497 e. The predicted octanol–water partition coefficient (Wildman–Crippen LogP) is 4.45. The molecule has 1 unspecified atom stereocenters. The van der Waals surface area contributed by atoms with Crippen molar-refractivity contribution in [3.05, 3.63) is 41.5 Å². The molecule has 1 aliphatic rings. The molecule has 1 heterocycles. The molecule has 0 bridgehead atoms. The molecule has 0 radical (unpaired) electrons. The number of hydrogen-bond acceptors (Lipinski definition) is 2. The number of aryl methyl sites for hydroxylation is 1. The Hall–Kier alpha value is -1.28. The van der Waals surface area contributed by atoms with Crippen molar-refractivity contribution in [2.24, 2.45) is 0 Å². The summed E-state index contributed by atoms with van der Waals surface area (Å²) in [4.78, 5) is 2.67. The van der Waals surface area contributed by atoms with Crippen LogP contribution in [0.2, 0.25) is 0 Å². The van der Waals surface area contributed by atoms with Crippen molar-refractivity contribution in [3.63, 3.8) is 0 Å². The van der Waals surface area contributed by atoms with E-state index in [9.17, 15) is 0 Å². The summed E-state index contributed by atoms with van der Waals surface area (Å²) in [5.74, 6) is 0.940. The number of benzene rings is 1. The fourth-order valence-electron chi connectivity index (χ4n) is 3.11. The molecule has 21 heavy (non-hydrogen) atoms. The Balaban J connectivity index is 1.95. The van der Waals surface area contributed by atoms with Gasteiger partial charge in [0.2, 0.25) is 0 Å². The van der Waals surface area contributed by atoms with Crippen LogP contribution < -0.4 is 4.74 Å². The highest BCUT2D eigenvalue weighted by atomic mass is 16.5. The summed E-state index contributed by atoms with van der Waals surface area (Å²) in [6, 6.07) is 9.10. The van der Waals surface area contributed by atoms with Gasteiger partial charge in [-0.05, 0) is 70.3 Å². The molecule has 0 amide bonds. The number of hydrogen-bond donors (Lipinski definition) is 0. The average Bonchev–Trinajstić information content (AvgIpc) is 2.52. The van der Waals surface area contributed by atoms with E-state index in [1.54, 1.807) is 7.11 Å². The van der Waals surface area contributed by atoms with Gasteiger partial charge in [-0.2, -0.15) is 0 Å². The van der Waals surface area contributed by atoms with Crippen LogP contribution in [-0.4, -0.2) is 31.1 Å². The first-order valence-electron chi connectivity index (χ1n) is 8.21. The molecular formula is C19H29NO. The molecule has 1 fully saturated rings. The summed E-state index contributed by atoms with van der Waals surface area (Å²) >= 11 is 0. The van der Waals surface area contributed by atoms with Gasteiger partial charge in [0.05, 0.1) is 7.11 Å². The van der Waals surface area contributed by atoms with Crippen molar-refractivity contribution in [1.29, 1.82) is 0 Å². The maximum Gasteiger partial charge on any atom is 0.118 e. The Morgan fingerprint density at radius 3 is 2.38 bits per heavy atom. The van der Waals surface area contributed by atoms with Crippen LogP contribution in [0.5, 0.6) is 5.75 Å². The van der Waals surface area contributed by atoms with Gasteiger partial charge < -0.3 is 4.74 Å². The van der Waals surface area contributed by atoms with Gasteiger partial charge in [-0.15, -0.1) is 0 Å². The highest BCUT2D eigenvalue weighted by molar-refractivity contribution is 5.27. The quantitative estimate of drug-likeness (QED) is 0.717. The normalized spacial score (nSPS) is 17.3. The second kappa shape index (κ2) is 8.23. The molecule has 1 aromatic rings. The van der Waals surface area contributed by atoms with Crippen molar-refractivity contribution in [3.8, 4) is 5.75 Å². The fourth-order valence-corrected chi connectivity index (χ4v) is 3.11. The number of piperidine rings is 1. The van der Waals surface area contributed by atoms with Crippen LogP contribution in [0.3, 0.4) is 0 Å². The van der Waals surface area contributed by atoms with Gasteiger partial charge in [-0.25, -0.2) is 0 Å². The van der Waals surface area contributed by atoms with Gasteiger partial charge in [0.1, 0.15) is 5.75 Å². The van der Waals surface area contributed by atoms with E-state index in [1.807, 2.05) is 0 Å². The van der Waals surface area contributed by atoms with E-state index in [0.29, 0.717) is 6.04 Å².